The van der Waals surface area contributed by atoms with Crippen LogP contribution in [0.1, 0.15) is 35.6 Å². The standard InChI is InChI=1S/C11H16N2O3/c1-6(11(14)15)10-7(2)12-9(5-16-4)13-8(10)3/h6H,5H2,1-4H3,(H,14,15). The summed E-state index contributed by atoms with van der Waals surface area (Å²) in [6, 6.07) is 0. The van der Waals surface area contributed by atoms with E-state index in [0.29, 0.717) is 29.4 Å². The molecule has 1 aromatic heterocycles. The van der Waals surface area contributed by atoms with Crippen LogP contribution in [0.15, 0.2) is 0 Å². The van der Waals surface area contributed by atoms with Gasteiger partial charge in [0.05, 0.1) is 5.92 Å². The van der Waals surface area contributed by atoms with Gasteiger partial charge in [0.2, 0.25) is 0 Å². The van der Waals surface area contributed by atoms with Crippen molar-refractivity contribution in [2.75, 3.05) is 7.11 Å². The third kappa shape index (κ3) is 2.55. The lowest BCUT2D eigenvalue weighted by molar-refractivity contribution is -0.138. The molecule has 5 nitrogen and oxygen atoms in total. The van der Waals surface area contributed by atoms with E-state index in [1.807, 2.05) is 0 Å². The smallest absolute Gasteiger partial charge is 0.310 e. The largest absolute Gasteiger partial charge is 0.481 e. The molecule has 0 aliphatic carbocycles. The van der Waals surface area contributed by atoms with Gasteiger partial charge in [-0.15, -0.1) is 0 Å². The van der Waals surface area contributed by atoms with Crippen molar-refractivity contribution in [3.8, 4) is 0 Å². The van der Waals surface area contributed by atoms with Crippen LogP contribution < -0.4 is 0 Å². The van der Waals surface area contributed by atoms with E-state index in [2.05, 4.69) is 9.97 Å². The van der Waals surface area contributed by atoms with Gasteiger partial charge in [-0.1, -0.05) is 0 Å². The molecule has 0 spiro atoms. The number of ether oxygens (including phenoxy) is 1. The van der Waals surface area contributed by atoms with Crippen molar-refractivity contribution in [1.82, 2.24) is 9.97 Å². The minimum absolute atomic E-state index is 0.337. The highest BCUT2D eigenvalue weighted by Crippen LogP contribution is 2.21. The van der Waals surface area contributed by atoms with Gasteiger partial charge in [0, 0.05) is 24.1 Å². The lowest BCUT2D eigenvalue weighted by Crippen LogP contribution is -2.14. The fourth-order valence-corrected chi connectivity index (χ4v) is 1.74. The van der Waals surface area contributed by atoms with Gasteiger partial charge in [0.1, 0.15) is 6.61 Å². The molecule has 88 valence electrons. The summed E-state index contributed by atoms with van der Waals surface area (Å²) in [4.78, 5) is 19.4. The monoisotopic (exact) mass is 224 g/mol. The first-order valence-corrected chi connectivity index (χ1v) is 5.03. The molecule has 0 saturated heterocycles. The number of hydrogen-bond donors (Lipinski definition) is 1. The van der Waals surface area contributed by atoms with Crippen LogP contribution in [0.3, 0.4) is 0 Å². The van der Waals surface area contributed by atoms with Crippen LogP contribution in [0, 0.1) is 13.8 Å². The molecule has 1 rings (SSSR count). The van der Waals surface area contributed by atoms with Crippen molar-refractivity contribution in [2.45, 2.75) is 33.3 Å². The topological polar surface area (TPSA) is 72.3 Å². The SMILES string of the molecule is COCc1nc(C)c(C(C)C(=O)O)c(C)n1. The minimum atomic E-state index is -0.866. The molecule has 0 amide bonds. The average Bonchev–Trinajstić information content (AvgIpc) is 2.16. The number of aliphatic carboxylic acids is 1. The van der Waals surface area contributed by atoms with Gasteiger partial charge in [0.25, 0.3) is 0 Å². The number of hydrogen-bond acceptors (Lipinski definition) is 4. The van der Waals surface area contributed by atoms with Crippen LogP contribution in [0.4, 0.5) is 0 Å². The Hall–Kier alpha value is -1.49. The van der Waals surface area contributed by atoms with Gasteiger partial charge in [-0.2, -0.15) is 0 Å². The third-order valence-corrected chi connectivity index (χ3v) is 2.45. The van der Waals surface area contributed by atoms with E-state index in [1.165, 1.54) is 0 Å². The Balaban J connectivity index is 3.17. The Morgan fingerprint density at radius 1 is 1.38 bits per heavy atom. The summed E-state index contributed by atoms with van der Waals surface area (Å²) < 4.78 is 4.94. The first kappa shape index (κ1) is 12.6. The highest BCUT2D eigenvalue weighted by Gasteiger charge is 2.20. The summed E-state index contributed by atoms with van der Waals surface area (Å²) in [5, 5.41) is 8.98. The highest BCUT2D eigenvalue weighted by atomic mass is 16.5. The number of carbonyl (C=O) groups is 1. The van der Waals surface area contributed by atoms with Gasteiger partial charge >= 0.3 is 5.97 Å². The highest BCUT2D eigenvalue weighted by molar-refractivity contribution is 5.76. The van der Waals surface area contributed by atoms with Gasteiger partial charge < -0.3 is 9.84 Å². The predicted molar refractivity (Wildman–Crippen MR) is 58.3 cm³/mol. The third-order valence-electron chi connectivity index (χ3n) is 2.45. The fourth-order valence-electron chi connectivity index (χ4n) is 1.74. The second kappa shape index (κ2) is 5.03. The number of carboxylic acid groups (broad SMARTS) is 1. The summed E-state index contributed by atoms with van der Waals surface area (Å²) in [6.07, 6.45) is 0. The molecule has 1 aromatic rings. The molecule has 0 aromatic carbocycles. The lowest BCUT2D eigenvalue weighted by atomic mass is 9.98. The first-order chi connectivity index (χ1) is 7.47. The molecule has 1 N–H and O–H groups in total. The number of aromatic nitrogens is 2. The van der Waals surface area contributed by atoms with Crippen LogP contribution in [0.5, 0.6) is 0 Å². The second-order valence-corrected chi connectivity index (χ2v) is 3.72. The second-order valence-electron chi connectivity index (χ2n) is 3.72. The van der Waals surface area contributed by atoms with E-state index in [9.17, 15) is 4.79 Å². The van der Waals surface area contributed by atoms with Gasteiger partial charge in [-0.25, -0.2) is 9.97 Å². The van der Waals surface area contributed by atoms with Gasteiger partial charge in [-0.3, -0.25) is 4.79 Å². The molecule has 0 aliphatic heterocycles. The Labute approximate surface area is 94.5 Å². The van der Waals surface area contributed by atoms with Crippen molar-refractivity contribution < 1.29 is 14.6 Å². The maximum atomic E-state index is 10.9. The number of rotatable bonds is 4. The molecule has 1 unspecified atom stereocenters. The van der Waals surface area contributed by atoms with Crippen LogP contribution in [0.2, 0.25) is 0 Å². The Morgan fingerprint density at radius 2 is 1.88 bits per heavy atom. The molecule has 1 heterocycles. The Kier molecular flexibility index (Phi) is 3.95. The molecular weight excluding hydrogens is 208 g/mol. The summed E-state index contributed by atoms with van der Waals surface area (Å²) in [7, 11) is 1.57. The number of carboxylic acids is 1. The molecule has 0 aliphatic rings. The molecule has 0 saturated carbocycles. The number of nitrogens with zero attached hydrogens (tertiary/aromatic N) is 2. The van der Waals surface area contributed by atoms with Crippen molar-refractivity contribution in [2.24, 2.45) is 0 Å². The fraction of sp³-hybridized carbons (Fsp3) is 0.545. The van der Waals surface area contributed by atoms with Crippen LogP contribution >= 0.6 is 0 Å². The molecule has 1 atom stereocenters. The van der Waals surface area contributed by atoms with E-state index >= 15 is 0 Å². The van der Waals surface area contributed by atoms with Crippen molar-refractivity contribution >= 4 is 5.97 Å². The summed E-state index contributed by atoms with van der Waals surface area (Å²) in [5.74, 6) is -0.871. The number of aryl methyl sites for hydroxylation is 2. The zero-order valence-electron chi connectivity index (χ0n) is 9.94. The molecule has 16 heavy (non-hydrogen) atoms. The van der Waals surface area contributed by atoms with Gasteiger partial charge in [-0.05, 0) is 20.8 Å². The maximum absolute atomic E-state index is 10.9. The average molecular weight is 224 g/mol. The summed E-state index contributed by atoms with van der Waals surface area (Å²) in [5.41, 5.74) is 2.09. The van der Waals surface area contributed by atoms with Gasteiger partial charge in [0.15, 0.2) is 5.82 Å². The first-order valence-electron chi connectivity index (χ1n) is 5.03. The minimum Gasteiger partial charge on any atom is -0.481 e. The van der Waals surface area contributed by atoms with Crippen molar-refractivity contribution in [3.05, 3.63) is 22.8 Å². The number of methoxy groups -OCH3 is 1. The quantitative estimate of drug-likeness (QED) is 0.837. The van der Waals surface area contributed by atoms with Crippen molar-refractivity contribution in [1.29, 1.82) is 0 Å². The van der Waals surface area contributed by atoms with E-state index in [0.717, 1.165) is 0 Å². The molecule has 0 fully saturated rings. The summed E-state index contributed by atoms with van der Waals surface area (Å²) in [6.45, 7) is 5.56. The van der Waals surface area contributed by atoms with E-state index in [1.54, 1.807) is 27.9 Å². The zero-order valence-corrected chi connectivity index (χ0v) is 9.94. The molecule has 5 heteroatoms. The molecule has 0 radical (unpaired) electrons. The lowest BCUT2D eigenvalue weighted by Gasteiger charge is -2.13. The Morgan fingerprint density at radius 3 is 2.25 bits per heavy atom. The molecule has 0 bridgehead atoms. The van der Waals surface area contributed by atoms with E-state index in [4.69, 9.17) is 9.84 Å². The van der Waals surface area contributed by atoms with E-state index in [-0.39, 0.29) is 0 Å². The zero-order chi connectivity index (χ0) is 12.3. The van der Waals surface area contributed by atoms with E-state index < -0.39 is 11.9 Å². The predicted octanol–water partition coefficient (Wildman–Crippen LogP) is 1.43. The van der Waals surface area contributed by atoms with Crippen LogP contribution in [0.25, 0.3) is 0 Å². The normalized spacial score (nSPS) is 12.5. The summed E-state index contributed by atoms with van der Waals surface area (Å²) >= 11 is 0. The van der Waals surface area contributed by atoms with Crippen LogP contribution in [-0.4, -0.2) is 28.2 Å². The molecular formula is C11H16N2O3. The van der Waals surface area contributed by atoms with Crippen molar-refractivity contribution in [3.63, 3.8) is 0 Å². The Bertz CT molecular complexity index is 381. The van der Waals surface area contributed by atoms with Crippen LogP contribution in [-0.2, 0) is 16.1 Å². The maximum Gasteiger partial charge on any atom is 0.310 e.